The molecule has 0 aromatic heterocycles. The molecule has 3 saturated carbocycles. The molecule has 0 radical (unpaired) electrons. The third-order valence-corrected chi connectivity index (χ3v) is 10.3. The Morgan fingerprint density at radius 1 is 0.970 bits per heavy atom. The molecule has 1 N–H and O–H groups in total. The summed E-state index contributed by atoms with van der Waals surface area (Å²) in [6.45, 7) is 12.5. The van der Waals surface area contributed by atoms with E-state index in [1.54, 1.807) is 0 Å². The van der Waals surface area contributed by atoms with Crippen LogP contribution in [0.25, 0.3) is 0 Å². The van der Waals surface area contributed by atoms with E-state index < -0.39 is 5.97 Å². The molecule has 0 bridgehead atoms. The van der Waals surface area contributed by atoms with Crippen molar-refractivity contribution in [3.8, 4) is 0 Å². The number of hydrogen-bond donors (Lipinski definition) is 1. The van der Waals surface area contributed by atoms with Gasteiger partial charge in [0.05, 0.1) is 0 Å². The third-order valence-electron chi connectivity index (χ3n) is 10.3. The van der Waals surface area contributed by atoms with Crippen LogP contribution in [0.3, 0.4) is 0 Å². The second-order valence-corrected chi connectivity index (χ2v) is 12.2. The fraction of sp³-hybridized carbons (Fsp3) is 0.893. The normalized spacial score (nSPS) is 40.5. The molecule has 188 valence electrons. The van der Waals surface area contributed by atoms with Gasteiger partial charge in [-0.2, -0.15) is 0 Å². The Morgan fingerprint density at radius 3 is 2.15 bits per heavy atom. The van der Waals surface area contributed by atoms with E-state index >= 15 is 0 Å². The first-order chi connectivity index (χ1) is 15.4. The summed E-state index contributed by atoms with van der Waals surface area (Å²) in [5.74, 6) is 0.885. The number of ether oxygens (including phenoxy) is 1. The molecule has 0 aromatic rings. The number of carboxylic acid groups (broad SMARTS) is 1. The molecule has 0 aromatic carbocycles. The molecule has 3 aliphatic rings. The number of carboxylic acids is 1. The fourth-order valence-electron chi connectivity index (χ4n) is 8.22. The summed E-state index contributed by atoms with van der Waals surface area (Å²) in [6, 6.07) is 0. The Hall–Kier alpha value is -1.39. The van der Waals surface area contributed by atoms with Crippen molar-refractivity contribution in [2.45, 2.75) is 112 Å². The predicted molar refractivity (Wildman–Crippen MR) is 129 cm³/mol. The number of carbonyl (C=O) groups excluding carboxylic acids is 2. The summed E-state index contributed by atoms with van der Waals surface area (Å²) in [5, 5.41) is 9.41. The first-order valence-electron chi connectivity index (χ1n) is 13.4. The quantitative estimate of drug-likeness (QED) is 0.429. The van der Waals surface area contributed by atoms with E-state index in [2.05, 4.69) is 34.6 Å². The first kappa shape index (κ1) is 26.2. The molecular formula is C28H46O5. The topological polar surface area (TPSA) is 80.7 Å². The summed E-state index contributed by atoms with van der Waals surface area (Å²) in [4.78, 5) is 36.8. The highest BCUT2D eigenvalue weighted by Crippen LogP contribution is 2.65. The van der Waals surface area contributed by atoms with Gasteiger partial charge in [-0.25, -0.2) is 0 Å². The maximum atomic E-state index is 13.9. The predicted octanol–water partition coefficient (Wildman–Crippen LogP) is 6.28. The lowest BCUT2D eigenvalue weighted by atomic mass is 9.49. The van der Waals surface area contributed by atoms with Gasteiger partial charge >= 0.3 is 11.9 Å². The van der Waals surface area contributed by atoms with E-state index in [4.69, 9.17) is 4.74 Å². The van der Waals surface area contributed by atoms with Crippen LogP contribution in [0.5, 0.6) is 0 Å². The smallest absolute Gasteiger partial charge is 0.303 e. The zero-order valence-electron chi connectivity index (χ0n) is 21.7. The monoisotopic (exact) mass is 462 g/mol. The van der Waals surface area contributed by atoms with Crippen LogP contribution < -0.4 is 0 Å². The van der Waals surface area contributed by atoms with E-state index in [0.717, 1.165) is 57.8 Å². The zero-order chi connectivity index (χ0) is 24.6. The maximum absolute atomic E-state index is 13.9. The minimum atomic E-state index is -0.715. The second-order valence-electron chi connectivity index (χ2n) is 12.2. The van der Waals surface area contributed by atoms with E-state index in [0.29, 0.717) is 23.5 Å². The fourth-order valence-corrected chi connectivity index (χ4v) is 8.22. The minimum Gasteiger partial charge on any atom is -0.481 e. The summed E-state index contributed by atoms with van der Waals surface area (Å²) < 4.78 is 5.51. The summed E-state index contributed by atoms with van der Waals surface area (Å²) in [5.41, 5.74) is 0.140. The van der Waals surface area contributed by atoms with Crippen molar-refractivity contribution >= 4 is 17.7 Å². The van der Waals surface area contributed by atoms with Crippen molar-refractivity contribution in [2.75, 3.05) is 0 Å². The molecule has 7 atom stereocenters. The standard InChI is InChI=1S/C28H46O5/c1-7-17(2)26(32)25-22(27(5)13-10-20(11-14-27)33-19(4)29)12-15-28(6)21(8-9-23(25)28)18(3)16-24(30)31/h17-18,20-23,25H,7-16H2,1-6H3,(H,30,31)/t17-,18+,20?,21+,22?,23?,25?,27?,28+/m0/s1. The van der Waals surface area contributed by atoms with Crippen molar-refractivity contribution in [3.63, 3.8) is 0 Å². The van der Waals surface area contributed by atoms with Gasteiger partial charge in [-0.05, 0) is 92.3 Å². The number of rotatable bonds is 8. The van der Waals surface area contributed by atoms with E-state index in [1.165, 1.54) is 6.92 Å². The van der Waals surface area contributed by atoms with Crippen LogP contribution in [0.2, 0.25) is 0 Å². The van der Waals surface area contributed by atoms with E-state index in [9.17, 15) is 19.5 Å². The Morgan fingerprint density at radius 2 is 1.61 bits per heavy atom. The summed E-state index contributed by atoms with van der Waals surface area (Å²) in [7, 11) is 0. The van der Waals surface area contributed by atoms with Gasteiger partial charge in [0.1, 0.15) is 11.9 Å². The zero-order valence-corrected chi connectivity index (χ0v) is 21.7. The van der Waals surface area contributed by atoms with Crippen LogP contribution in [0.4, 0.5) is 0 Å². The minimum absolute atomic E-state index is 0.0147. The first-order valence-corrected chi connectivity index (χ1v) is 13.4. The number of fused-ring (bicyclic) bond motifs is 1. The molecule has 0 saturated heterocycles. The average molecular weight is 463 g/mol. The van der Waals surface area contributed by atoms with Gasteiger partial charge in [0, 0.05) is 25.2 Å². The molecule has 3 fully saturated rings. The van der Waals surface area contributed by atoms with Gasteiger partial charge in [0.25, 0.3) is 0 Å². The number of hydrogen-bond acceptors (Lipinski definition) is 4. The molecule has 0 spiro atoms. The maximum Gasteiger partial charge on any atom is 0.303 e. The van der Waals surface area contributed by atoms with E-state index in [-0.39, 0.29) is 47.1 Å². The molecular weight excluding hydrogens is 416 g/mol. The van der Waals surface area contributed by atoms with Crippen molar-refractivity contribution in [1.82, 2.24) is 0 Å². The second kappa shape index (κ2) is 10.1. The van der Waals surface area contributed by atoms with Crippen LogP contribution in [0, 0.1) is 46.3 Å². The van der Waals surface area contributed by atoms with Crippen molar-refractivity contribution in [3.05, 3.63) is 0 Å². The lowest BCUT2D eigenvalue weighted by molar-refractivity contribution is -0.153. The van der Waals surface area contributed by atoms with E-state index in [1.807, 2.05) is 0 Å². The number of carbonyl (C=O) groups is 3. The molecule has 3 rings (SSSR count). The molecule has 3 aliphatic carbocycles. The Kier molecular flexibility index (Phi) is 8.01. The largest absolute Gasteiger partial charge is 0.481 e. The molecule has 3 unspecified atom stereocenters. The molecule has 33 heavy (non-hydrogen) atoms. The number of aliphatic carboxylic acids is 1. The molecule has 0 heterocycles. The van der Waals surface area contributed by atoms with Gasteiger partial charge in [0.15, 0.2) is 0 Å². The van der Waals surface area contributed by atoms with Crippen molar-refractivity contribution in [1.29, 1.82) is 0 Å². The van der Waals surface area contributed by atoms with Crippen molar-refractivity contribution in [2.24, 2.45) is 46.3 Å². The van der Waals surface area contributed by atoms with Gasteiger partial charge in [-0.3, -0.25) is 14.4 Å². The Balaban J connectivity index is 1.87. The van der Waals surface area contributed by atoms with Crippen LogP contribution in [0.15, 0.2) is 0 Å². The van der Waals surface area contributed by atoms with Crippen LogP contribution in [0.1, 0.15) is 106 Å². The molecule has 0 amide bonds. The number of Topliss-reactive ketones (excluding diaryl/α,β-unsaturated/α-hetero) is 1. The number of esters is 1. The lowest BCUT2D eigenvalue weighted by Gasteiger charge is -2.55. The number of ketones is 1. The van der Waals surface area contributed by atoms with Crippen LogP contribution >= 0.6 is 0 Å². The third kappa shape index (κ3) is 5.17. The van der Waals surface area contributed by atoms with Gasteiger partial charge < -0.3 is 9.84 Å². The summed E-state index contributed by atoms with van der Waals surface area (Å²) >= 11 is 0. The highest BCUT2D eigenvalue weighted by Gasteiger charge is 2.59. The summed E-state index contributed by atoms with van der Waals surface area (Å²) in [6.07, 6.45) is 9.10. The van der Waals surface area contributed by atoms with Crippen LogP contribution in [-0.2, 0) is 19.1 Å². The van der Waals surface area contributed by atoms with Crippen molar-refractivity contribution < 1.29 is 24.2 Å². The average Bonchev–Trinajstić information content (AvgIpc) is 3.10. The van der Waals surface area contributed by atoms with Crippen LogP contribution in [-0.4, -0.2) is 28.9 Å². The molecule has 5 nitrogen and oxygen atoms in total. The molecule has 5 heteroatoms. The highest BCUT2D eigenvalue weighted by molar-refractivity contribution is 5.84. The van der Waals surface area contributed by atoms with Gasteiger partial charge in [-0.1, -0.05) is 34.6 Å². The lowest BCUT2D eigenvalue weighted by Crippen LogP contribution is -2.52. The SMILES string of the molecule is CC[C@H](C)C(=O)C1C(C2(C)CCC(OC(C)=O)CC2)CC[C@@]2(C)C1CC[C@@H]2[C@H](C)CC(=O)O. The Bertz CT molecular complexity index is 737. The highest BCUT2D eigenvalue weighted by atomic mass is 16.5. The Labute approximate surface area is 200 Å². The van der Waals surface area contributed by atoms with Gasteiger partial charge in [0.2, 0.25) is 0 Å². The van der Waals surface area contributed by atoms with Gasteiger partial charge in [-0.15, -0.1) is 0 Å². The molecule has 0 aliphatic heterocycles.